The molecule has 2 N–H and O–H groups in total. The molecular formula is C25H35N3O7S. The minimum atomic E-state index is -3.96. The van der Waals surface area contributed by atoms with Crippen LogP contribution in [0.15, 0.2) is 30.3 Å². The van der Waals surface area contributed by atoms with Gasteiger partial charge in [0, 0.05) is 25.7 Å². The van der Waals surface area contributed by atoms with Crippen molar-refractivity contribution in [2.75, 3.05) is 19.7 Å². The van der Waals surface area contributed by atoms with Crippen LogP contribution in [0.4, 0.5) is 0 Å². The normalized spacial score (nSPS) is 24.5. The van der Waals surface area contributed by atoms with Gasteiger partial charge in [-0.1, -0.05) is 49.6 Å². The van der Waals surface area contributed by atoms with Gasteiger partial charge < -0.3 is 20.1 Å². The maximum atomic E-state index is 13.7. The highest BCUT2D eigenvalue weighted by molar-refractivity contribution is 7.88. The Labute approximate surface area is 212 Å². The highest BCUT2D eigenvalue weighted by atomic mass is 32.2. The number of benzene rings is 1. The zero-order valence-corrected chi connectivity index (χ0v) is 21.2. The van der Waals surface area contributed by atoms with E-state index in [1.807, 2.05) is 0 Å². The molecule has 3 fully saturated rings. The van der Waals surface area contributed by atoms with Crippen molar-refractivity contribution < 1.29 is 32.6 Å². The second-order valence-electron chi connectivity index (χ2n) is 9.87. The van der Waals surface area contributed by atoms with Crippen LogP contribution in [0.3, 0.4) is 0 Å². The molecule has 1 aromatic rings. The quantitative estimate of drug-likeness (QED) is 0.505. The zero-order valence-electron chi connectivity index (χ0n) is 20.4. The van der Waals surface area contributed by atoms with E-state index in [1.54, 1.807) is 30.3 Å². The van der Waals surface area contributed by atoms with Crippen molar-refractivity contribution >= 4 is 27.8 Å². The van der Waals surface area contributed by atoms with Crippen LogP contribution in [0, 0.1) is 5.92 Å². The summed E-state index contributed by atoms with van der Waals surface area (Å²) in [5.41, 5.74) is 0.575. The van der Waals surface area contributed by atoms with E-state index in [1.165, 1.54) is 4.90 Å². The van der Waals surface area contributed by atoms with Crippen LogP contribution in [0.5, 0.6) is 0 Å². The summed E-state index contributed by atoms with van der Waals surface area (Å²) in [4.78, 5) is 39.8. The Morgan fingerprint density at radius 1 is 1.03 bits per heavy atom. The largest absolute Gasteiger partial charge is 0.481 e. The van der Waals surface area contributed by atoms with Crippen LogP contribution in [0.2, 0.25) is 0 Å². The lowest BCUT2D eigenvalue weighted by Gasteiger charge is -2.34. The first-order valence-electron chi connectivity index (χ1n) is 12.7. The number of nitrogens with one attached hydrogen (secondary N) is 1. The van der Waals surface area contributed by atoms with Crippen LogP contribution in [0.25, 0.3) is 0 Å². The Morgan fingerprint density at radius 2 is 1.75 bits per heavy atom. The molecule has 0 spiro atoms. The summed E-state index contributed by atoms with van der Waals surface area (Å²) in [6.45, 7) is 0.496. The van der Waals surface area contributed by atoms with Gasteiger partial charge in [0.2, 0.25) is 10.0 Å². The fraction of sp³-hybridized carbons (Fsp3) is 0.640. The van der Waals surface area contributed by atoms with Crippen molar-refractivity contribution in [3.63, 3.8) is 0 Å². The van der Waals surface area contributed by atoms with E-state index in [0.717, 1.165) is 42.8 Å². The molecule has 3 atom stereocenters. The first-order valence-corrected chi connectivity index (χ1v) is 14.3. The number of rotatable bonds is 9. The average Bonchev–Trinajstić information content (AvgIpc) is 3.55. The van der Waals surface area contributed by atoms with Gasteiger partial charge in [0.1, 0.15) is 6.10 Å². The molecule has 3 unspecified atom stereocenters. The van der Waals surface area contributed by atoms with Crippen LogP contribution >= 0.6 is 0 Å². The van der Waals surface area contributed by atoms with Gasteiger partial charge in [-0.25, -0.2) is 8.42 Å². The molecule has 1 aromatic carbocycles. The number of nitrogens with zero attached hydrogens (tertiary/aromatic N) is 2. The third-order valence-electron chi connectivity index (χ3n) is 7.34. The van der Waals surface area contributed by atoms with Crippen LogP contribution in [0.1, 0.15) is 56.9 Å². The Balaban J connectivity index is 1.59. The molecule has 2 amide bonds. The molecule has 0 aromatic heterocycles. The number of hydrogen-bond acceptors (Lipinski definition) is 6. The smallest absolute Gasteiger partial charge is 0.305 e. The highest BCUT2D eigenvalue weighted by Crippen LogP contribution is 2.30. The number of hydrogen-bond donors (Lipinski definition) is 2. The van der Waals surface area contributed by atoms with Crippen molar-refractivity contribution in [3.8, 4) is 0 Å². The van der Waals surface area contributed by atoms with Crippen molar-refractivity contribution in [2.45, 2.75) is 75.4 Å². The van der Waals surface area contributed by atoms with Gasteiger partial charge in [-0.05, 0) is 37.2 Å². The predicted octanol–water partition coefficient (Wildman–Crippen LogP) is 1.71. The van der Waals surface area contributed by atoms with E-state index in [4.69, 9.17) is 4.74 Å². The third-order valence-corrected chi connectivity index (χ3v) is 9.14. The Bertz CT molecular complexity index is 1040. The van der Waals surface area contributed by atoms with E-state index in [0.29, 0.717) is 18.6 Å². The standard InChI is InChI=1S/C25H35N3O7S/c29-22(30)16-20(19-10-5-2-6-11-19)26-23(31)24-27(25(32)21-12-7-15-35-21)13-14-28(24)36(33,34)17-18-8-3-1-4-9-18/h1,3-4,8-9,19-21,24H,2,5-7,10-17H2,(H,26,31)(H,29,30). The first kappa shape index (κ1) is 26.6. The molecule has 3 aliphatic rings. The number of sulfonamides is 1. The number of ether oxygens (including phenoxy) is 1. The molecule has 0 bridgehead atoms. The number of amides is 2. The lowest BCUT2D eigenvalue weighted by atomic mass is 9.82. The van der Waals surface area contributed by atoms with Crippen molar-refractivity contribution in [1.82, 2.24) is 14.5 Å². The van der Waals surface area contributed by atoms with Crippen LogP contribution in [-0.2, 0) is 34.9 Å². The lowest BCUT2D eigenvalue weighted by Crippen LogP contribution is -2.58. The maximum absolute atomic E-state index is 13.7. The van der Waals surface area contributed by atoms with Gasteiger partial charge in [-0.3, -0.25) is 14.4 Å². The molecular weight excluding hydrogens is 486 g/mol. The molecule has 11 heteroatoms. The van der Waals surface area contributed by atoms with Gasteiger partial charge in [0.25, 0.3) is 11.8 Å². The Hall–Kier alpha value is -2.50. The SMILES string of the molecule is O=C(O)CC(NC(=O)C1N(C(=O)C2CCCO2)CCN1S(=O)(=O)Cc1ccccc1)C1CCCCC1. The fourth-order valence-corrected chi connectivity index (χ4v) is 7.20. The minimum Gasteiger partial charge on any atom is -0.481 e. The molecule has 4 rings (SSSR count). The summed E-state index contributed by atoms with van der Waals surface area (Å²) in [5.74, 6) is -2.40. The topological polar surface area (TPSA) is 133 Å². The summed E-state index contributed by atoms with van der Waals surface area (Å²) in [7, 11) is -3.96. The van der Waals surface area contributed by atoms with Crippen molar-refractivity contribution in [1.29, 1.82) is 0 Å². The molecule has 2 aliphatic heterocycles. The van der Waals surface area contributed by atoms with E-state index < -0.39 is 46.1 Å². The minimum absolute atomic E-state index is 0.00287. The second kappa shape index (κ2) is 11.7. The summed E-state index contributed by atoms with van der Waals surface area (Å²) in [6.07, 6.45) is 3.50. The molecule has 36 heavy (non-hydrogen) atoms. The second-order valence-corrected chi connectivity index (χ2v) is 11.8. The summed E-state index contributed by atoms with van der Waals surface area (Å²) in [5, 5.41) is 12.3. The Morgan fingerprint density at radius 3 is 2.39 bits per heavy atom. The molecule has 2 heterocycles. The molecule has 2 saturated heterocycles. The highest BCUT2D eigenvalue weighted by Gasteiger charge is 2.48. The molecule has 0 radical (unpaired) electrons. The molecule has 1 aliphatic carbocycles. The third kappa shape index (κ3) is 6.24. The van der Waals surface area contributed by atoms with E-state index in [-0.39, 0.29) is 31.2 Å². The Kier molecular flexibility index (Phi) is 8.63. The van der Waals surface area contributed by atoms with Crippen molar-refractivity contribution in [3.05, 3.63) is 35.9 Å². The number of carboxylic acids is 1. The molecule has 1 saturated carbocycles. The predicted molar refractivity (Wildman–Crippen MR) is 131 cm³/mol. The van der Waals surface area contributed by atoms with E-state index in [2.05, 4.69) is 5.32 Å². The van der Waals surface area contributed by atoms with Crippen LogP contribution < -0.4 is 5.32 Å². The summed E-state index contributed by atoms with van der Waals surface area (Å²) >= 11 is 0. The number of carbonyl (C=O) groups is 3. The lowest BCUT2D eigenvalue weighted by molar-refractivity contribution is -0.148. The zero-order chi connectivity index (χ0) is 25.7. The van der Waals surface area contributed by atoms with Gasteiger partial charge in [-0.15, -0.1) is 0 Å². The van der Waals surface area contributed by atoms with E-state index >= 15 is 0 Å². The molecule has 198 valence electrons. The summed E-state index contributed by atoms with van der Waals surface area (Å²) in [6, 6.07) is 8.04. The maximum Gasteiger partial charge on any atom is 0.305 e. The van der Waals surface area contributed by atoms with Crippen LogP contribution in [-0.4, -0.2) is 78.5 Å². The van der Waals surface area contributed by atoms with Gasteiger partial charge >= 0.3 is 5.97 Å². The van der Waals surface area contributed by atoms with Crippen molar-refractivity contribution in [2.24, 2.45) is 5.92 Å². The van der Waals surface area contributed by atoms with E-state index in [9.17, 15) is 27.9 Å². The summed E-state index contributed by atoms with van der Waals surface area (Å²) < 4.78 is 33.5. The number of carbonyl (C=O) groups excluding carboxylic acids is 2. The fourth-order valence-electron chi connectivity index (χ4n) is 5.54. The molecule has 10 nitrogen and oxygen atoms in total. The van der Waals surface area contributed by atoms with Gasteiger partial charge in [0.15, 0.2) is 6.17 Å². The van der Waals surface area contributed by atoms with Gasteiger partial charge in [0.05, 0.1) is 12.2 Å². The monoisotopic (exact) mass is 521 g/mol. The first-order chi connectivity index (χ1) is 17.3. The van der Waals surface area contributed by atoms with Gasteiger partial charge in [-0.2, -0.15) is 4.31 Å². The average molecular weight is 522 g/mol. The number of carboxylic acid groups (broad SMARTS) is 1. The number of aliphatic carboxylic acids is 1.